The molecule has 8 heteroatoms. The van der Waals surface area contributed by atoms with Crippen LogP contribution in [-0.4, -0.2) is 44.6 Å². The smallest absolute Gasteiger partial charge is 0.306 e. The van der Waals surface area contributed by atoms with Crippen LogP contribution in [0.2, 0.25) is 0 Å². The average Bonchev–Trinajstić information content (AvgIpc) is 2.97. The third-order valence-corrected chi connectivity index (χ3v) is 10.2. The summed E-state index contributed by atoms with van der Waals surface area (Å²) in [5.41, 5.74) is -4.82. The Bertz CT molecular complexity index is 951. The zero-order valence-corrected chi connectivity index (χ0v) is 21.1. The number of aliphatic hydroxyl groups is 1. The minimum Gasteiger partial charge on any atom is -0.449 e. The first-order valence-electron chi connectivity index (χ1n) is 11.7. The van der Waals surface area contributed by atoms with Gasteiger partial charge in [-0.25, -0.2) is 4.39 Å². The maximum Gasteiger partial charge on any atom is 0.306 e. The van der Waals surface area contributed by atoms with Gasteiger partial charge in [-0.1, -0.05) is 44.2 Å². The molecule has 3 saturated carbocycles. The summed E-state index contributed by atoms with van der Waals surface area (Å²) in [6.45, 7) is 7.18. The van der Waals surface area contributed by atoms with Crippen LogP contribution in [0.5, 0.6) is 0 Å². The van der Waals surface area contributed by atoms with Crippen LogP contribution < -0.4 is 0 Å². The molecule has 3 fully saturated rings. The van der Waals surface area contributed by atoms with Crippen molar-refractivity contribution in [1.29, 1.82) is 0 Å². The largest absolute Gasteiger partial charge is 0.449 e. The van der Waals surface area contributed by atoms with E-state index in [9.17, 15) is 19.5 Å². The van der Waals surface area contributed by atoms with Gasteiger partial charge in [-0.3, -0.25) is 14.4 Å². The summed E-state index contributed by atoms with van der Waals surface area (Å²) in [4.78, 5) is 38.1. The van der Waals surface area contributed by atoms with E-state index in [0.29, 0.717) is 24.8 Å². The molecule has 0 aromatic heterocycles. The number of thioether (sulfide) groups is 1. The number of allylic oxidation sites excluding steroid dienone is 4. The van der Waals surface area contributed by atoms with Gasteiger partial charge in [0.25, 0.3) is 0 Å². The normalized spacial score (nSPS) is 46.2. The number of rotatable bonds is 4. The molecule has 8 atom stereocenters. The summed E-state index contributed by atoms with van der Waals surface area (Å²) < 4.78 is 23.2. The van der Waals surface area contributed by atoms with E-state index < -0.39 is 40.1 Å². The maximum absolute atomic E-state index is 17.3. The number of aliphatic hydroxyl groups excluding tert-OH is 1. The van der Waals surface area contributed by atoms with Crippen molar-refractivity contribution < 1.29 is 28.6 Å². The van der Waals surface area contributed by atoms with Crippen LogP contribution in [0.1, 0.15) is 59.8 Å². The fourth-order valence-electron chi connectivity index (χ4n) is 7.63. The molecule has 0 aromatic carbocycles. The number of ether oxygens (including phenoxy) is 1. The highest BCUT2D eigenvalue weighted by molar-refractivity contribution is 8.14. The zero-order chi connectivity index (χ0) is 24.4. The molecule has 0 aromatic rings. The summed E-state index contributed by atoms with van der Waals surface area (Å²) in [5, 5.41) is 11.1. The van der Waals surface area contributed by atoms with E-state index in [1.54, 1.807) is 19.9 Å². The molecule has 0 unspecified atom stereocenters. The second kappa shape index (κ2) is 8.20. The van der Waals surface area contributed by atoms with E-state index in [2.05, 4.69) is 0 Å². The molecular weight excluding hydrogens is 467 g/mol. The first-order chi connectivity index (χ1) is 15.4. The summed E-state index contributed by atoms with van der Waals surface area (Å²) in [7, 11) is 0. The van der Waals surface area contributed by atoms with Crippen molar-refractivity contribution in [2.24, 2.45) is 28.6 Å². The summed E-state index contributed by atoms with van der Waals surface area (Å²) in [5.74, 6) is -1.84. The molecule has 182 valence electrons. The van der Waals surface area contributed by atoms with Crippen LogP contribution >= 0.6 is 23.4 Å². The minimum atomic E-state index is -1.99. The molecule has 0 spiro atoms. The highest BCUT2D eigenvalue weighted by atomic mass is 35.5. The first-order valence-corrected chi connectivity index (χ1v) is 13.2. The van der Waals surface area contributed by atoms with Gasteiger partial charge in [-0.15, -0.1) is 11.6 Å². The summed E-state index contributed by atoms with van der Waals surface area (Å²) in [6.07, 6.45) is 4.70. The van der Waals surface area contributed by atoms with Gasteiger partial charge in [-0.05, 0) is 50.7 Å². The molecule has 0 amide bonds. The molecule has 4 aliphatic carbocycles. The van der Waals surface area contributed by atoms with Crippen molar-refractivity contribution >= 4 is 40.2 Å². The Kier molecular flexibility index (Phi) is 6.19. The lowest BCUT2D eigenvalue weighted by Gasteiger charge is -2.62. The van der Waals surface area contributed by atoms with E-state index >= 15 is 4.39 Å². The zero-order valence-electron chi connectivity index (χ0n) is 19.5. The number of esters is 1. The van der Waals surface area contributed by atoms with Crippen molar-refractivity contribution in [3.8, 4) is 0 Å². The molecule has 33 heavy (non-hydrogen) atoms. The number of hydrogen-bond acceptors (Lipinski definition) is 6. The third-order valence-electron chi connectivity index (χ3n) is 9.23. The van der Waals surface area contributed by atoms with Gasteiger partial charge in [-0.2, -0.15) is 0 Å². The lowest BCUT2D eigenvalue weighted by molar-refractivity contribution is -0.225. The summed E-state index contributed by atoms with van der Waals surface area (Å²) in [6, 6.07) is 0. The highest BCUT2D eigenvalue weighted by Gasteiger charge is 2.77. The quantitative estimate of drug-likeness (QED) is 0.445. The lowest BCUT2D eigenvalue weighted by Crippen LogP contribution is -2.69. The summed E-state index contributed by atoms with van der Waals surface area (Å²) >= 11 is 6.80. The van der Waals surface area contributed by atoms with Crippen LogP contribution in [0.4, 0.5) is 4.39 Å². The molecule has 0 saturated heterocycles. The monoisotopic (exact) mass is 498 g/mol. The van der Waals surface area contributed by atoms with Crippen molar-refractivity contribution in [3.63, 3.8) is 0 Å². The van der Waals surface area contributed by atoms with Gasteiger partial charge >= 0.3 is 5.97 Å². The predicted molar refractivity (Wildman–Crippen MR) is 125 cm³/mol. The number of halogens is 2. The van der Waals surface area contributed by atoms with Gasteiger partial charge in [0, 0.05) is 29.1 Å². The number of carbonyl (C=O) groups is 3. The Morgan fingerprint density at radius 2 is 2.03 bits per heavy atom. The van der Waals surface area contributed by atoms with Crippen LogP contribution in [0, 0.1) is 28.6 Å². The second-order valence-corrected chi connectivity index (χ2v) is 12.0. The Balaban J connectivity index is 1.84. The number of fused-ring (bicyclic) bond motifs is 5. The van der Waals surface area contributed by atoms with Gasteiger partial charge in [0.1, 0.15) is 0 Å². The molecule has 4 rings (SSSR count). The van der Waals surface area contributed by atoms with Crippen LogP contribution in [0.3, 0.4) is 0 Å². The molecule has 5 nitrogen and oxygen atoms in total. The topological polar surface area (TPSA) is 80.7 Å². The van der Waals surface area contributed by atoms with E-state index in [4.69, 9.17) is 16.3 Å². The van der Waals surface area contributed by atoms with Crippen molar-refractivity contribution in [2.45, 2.75) is 77.2 Å². The predicted octanol–water partition coefficient (Wildman–Crippen LogP) is 4.75. The highest BCUT2D eigenvalue weighted by Crippen LogP contribution is 2.71. The molecule has 0 heterocycles. The maximum atomic E-state index is 17.3. The molecule has 4 aliphatic rings. The Morgan fingerprint density at radius 3 is 2.67 bits per heavy atom. The number of hydrogen-bond donors (Lipinski definition) is 1. The number of alkyl halides is 2. The van der Waals surface area contributed by atoms with Crippen LogP contribution in [0.15, 0.2) is 23.8 Å². The fraction of sp³-hybridized carbons (Fsp3) is 0.720. The van der Waals surface area contributed by atoms with E-state index in [-0.39, 0.29) is 40.8 Å². The molecule has 0 bridgehead atoms. The van der Waals surface area contributed by atoms with Gasteiger partial charge in [0.2, 0.25) is 5.12 Å². The van der Waals surface area contributed by atoms with Gasteiger partial charge in [0.05, 0.1) is 11.3 Å². The lowest BCUT2D eigenvalue weighted by atomic mass is 9.45. The fourth-order valence-corrected chi connectivity index (χ4v) is 8.72. The van der Waals surface area contributed by atoms with Crippen molar-refractivity contribution in [2.75, 3.05) is 5.21 Å². The molecule has 0 aliphatic heterocycles. The van der Waals surface area contributed by atoms with E-state index in [1.165, 1.54) is 12.2 Å². The van der Waals surface area contributed by atoms with Crippen LogP contribution in [0.25, 0.3) is 0 Å². The standard InChI is InChI=1S/C25H32ClFO5S/c1-5-20(30)32-25(21(31)33-13-26)14(2)10-18-17-7-6-15-11-16(28)8-9-22(15,3)24(17,27)19(29)12-23(18,25)4/h8-9,11,14,17-19,29H,5-7,10,12-13H2,1-4H3/t14-,17-,18-,19-,22-,23-,24-,25-/m0/s1. The molecular formula is C25H32ClFO5S. The van der Waals surface area contributed by atoms with Crippen molar-refractivity contribution in [3.05, 3.63) is 23.8 Å². The Labute approximate surface area is 203 Å². The Morgan fingerprint density at radius 1 is 1.33 bits per heavy atom. The number of carbonyl (C=O) groups excluding carboxylic acids is 3. The SMILES string of the molecule is CCC(=O)O[C@]1(C(=O)SCCl)[C@@H](C)C[C@H]2[C@@H]3CCC4=CC(=O)C=C[C@]4(C)[C@@]3(F)[C@@H](O)C[C@@]21C. The van der Waals surface area contributed by atoms with Gasteiger partial charge in [0.15, 0.2) is 17.1 Å². The average molecular weight is 499 g/mol. The third kappa shape index (κ3) is 3.10. The first kappa shape index (κ1) is 24.9. The molecule has 0 radical (unpaired) electrons. The van der Waals surface area contributed by atoms with Gasteiger partial charge < -0.3 is 9.84 Å². The number of ketones is 1. The second-order valence-electron chi connectivity index (χ2n) is 10.5. The van der Waals surface area contributed by atoms with Crippen molar-refractivity contribution in [1.82, 2.24) is 0 Å². The van der Waals surface area contributed by atoms with Crippen LogP contribution in [-0.2, 0) is 19.1 Å². The van der Waals surface area contributed by atoms with E-state index in [0.717, 1.165) is 11.8 Å². The van der Waals surface area contributed by atoms with E-state index in [1.807, 2.05) is 13.8 Å². The minimum absolute atomic E-state index is 0.0157. The molecule has 1 N–H and O–H groups in total. The Hall–Kier alpha value is -1.18.